The number of anilines is 1. The number of para-hydroxylation sites is 1. The molecular formula is C17H12F3N5O2. The number of carbonyl (C=O) groups excluding carboxylic acids is 1. The zero-order valence-electron chi connectivity index (χ0n) is 13.7. The molecule has 3 aromatic rings. The van der Waals surface area contributed by atoms with Crippen molar-refractivity contribution in [2.24, 2.45) is 0 Å². The van der Waals surface area contributed by atoms with Crippen LogP contribution in [-0.4, -0.2) is 26.9 Å². The van der Waals surface area contributed by atoms with Crippen molar-refractivity contribution in [2.75, 3.05) is 5.32 Å². The molecule has 7 nitrogen and oxygen atoms in total. The second kappa shape index (κ2) is 7.33. The molecule has 0 aliphatic carbocycles. The fourth-order valence-electron chi connectivity index (χ4n) is 2.37. The number of rotatable bonds is 5. The van der Waals surface area contributed by atoms with Crippen LogP contribution in [0.4, 0.5) is 19.1 Å². The van der Waals surface area contributed by atoms with Gasteiger partial charge in [-0.15, -0.1) is 18.3 Å². The monoisotopic (exact) mass is 375 g/mol. The first-order chi connectivity index (χ1) is 12.9. The third kappa shape index (κ3) is 4.52. The molecule has 1 aromatic carbocycles. The largest absolute Gasteiger partial charge is 0.573 e. The van der Waals surface area contributed by atoms with Gasteiger partial charge in [0.25, 0.3) is 0 Å². The van der Waals surface area contributed by atoms with Crippen LogP contribution in [0.1, 0.15) is 12.8 Å². The van der Waals surface area contributed by atoms with Crippen LogP contribution in [0.5, 0.6) is 5.75 Å². The molecular weight excluding hydrogens is 363 g/mol. The second-order valence-corrected chi connectivity index (χ2v) is 5.41. The molecule has 1 N–H and O–H groups in total. The number of hydrogen-bond donors (Lipinski definition) is 1. The molecule has 0 unspecified atom stereocenters. The van der Waals surface area contributed by atoms with Crippen LogP contribution in [0.3, 0.4) is 0 Å². The molecule has 0 aliphatic rings. The van der Waals surface area contributed by atoms with E-state index in [0.29, 0.717) is 11.2 Å². The lowest BCUT2D eigenvalue weighted by Crippen LogP contribution is -2.17. The highest BCUT2D eigenvalue weighted by molar-refractivity contribution is 5.89. The Kier molecular flexibility index (Phi) is 4.94. The van der Waals surface area contributed by atoms with E-state index in [4.69, 9.17) is 5.26 Å². The summed E-state index contributed by atoms with van der Waals surface area (Å²) < 4.78 is 43.2. The summed E-state index contributed by atoms with van der Waals surface area (Å²) in [4.78, 5) is 15.7. The minimum Gasteiger partial charge on any atom is -0.405 e. The molecule has 3 rings (SSSR count). The van der Waals surface area contributed by atoms with Gasteiger partial charge in [0.2, 0.25) is 11.9 Å². The molecule has 0 spiro atoms. The zero-order valence-corrected chi connectivity index (χ0v) is 13.7. The average molecular weight is 375 g/mol. The van der Waals surface area contributed by atoms with Crippen LogP contribution in [0, 0.1) is 11.3 Å². The highest BCUT2D eigenvalue weighted by atomic mass is 19.4. The Labute approximate surface area is 151 Å². The Morgan fingerprint density at radius 3 is 2.78 bits per heavy atom. The van der Waals surface area contributed by atoms with Crippen LogP contribution in [0.2, 0.25) is 0 Å². The van der Waals surface area contributed by atoms with E-state index in [1.807, 2.05) is 6.07 Å². The van der Waals surface area contributed by atoms with Gasteiger partial charge in [0.1, 0.15) is 5.75 Å². The highest BCUT2D eigenvalue weighted by Gasteiger charge is 2.32. The van der Waals surface area contributed by atoms with E-state index < -0.39 is 12.3 Å². The van der Waals surface area contributed by atoms with Gasteiger partial charge >= 0.3 is 6.36 Å². The third-order valence-corrected chi connectivity index (χ3v) is 3.47. The number of ether oxygens (including phenoxy) is 1. The average Bonchev–Trinajstić information content (AvgIpc) is 3.00. The summed E-state index contributed by atoms with van der Waals surface area (Å²) in [5, 5.41) is 15.0. The lowest BCUT2D eigenvalue weighted by molar-refractivity contribution is -0.274. The molecule has 2 aromatic heterocycles. The Bertz CT molecular complexity index is 1020. The molecule has 0 fully saturated rings. The predicted octanol–water partition coefficient (Wildman–Crippen LogP) is 3.54. The topological polar surface area (TPSA) is 92.3 Å². The fourth-order valence-corrected chi connectivity index (χ4v) is 2.37. The normalized spacial score (nSPS) is 11.2. The quantitative estimate of drug-likeness (QED) is 0.736. The van der Waals surface area contributed by atoms with Crippen molar-refractivity contribution >= 4 is 17.5 Å². The lowest BCUT2D eigenvalue weighted by atomic mass is 10.1. The van der Waals surface area contributed by atoms with Gasteiger partial charge in [-0.3, -0.25) is 10.1 Å². The Morgan fingerprint density at radius 2 is 2.04 bits per heavy atom. The van der Waals surface area contributed by atoms with Crippen molar-refractivity contribution in [3.63, 3.8) is 0 Å². The van der Waals surface area contributed by atoms with E-state index >= 15 is 0 Å². The van der Waals surface area contributed by atoms with E-state index in [2.05, 4.69) is 20.1 Å². The highest BCUT2D eigenvalue weighted by Crippen LogP contribution is 2.33. The maximum Gasteiger partial charge on any atom is 0.573 e. The first kappa shape index (κ1) is 18.2. The molecule has 0 atom stereocenters. The van der Waals surface area contributed by atoms with Crippen LogP contribution in [0.25, 0.3) is 16.8 Å². The van der Waals surface area contributed by atoms with Crippen molar-refractivity contribution in [3.8, 4) is 22.9 Å². The van der Waals surface area contributed by atoms with Crippen molar-refractivity contribution in [2.45, 2.75) is 19.2 Å². The molecule has 2 heterocycles. The van der Waals surface area contributed by atoms with Crippen molar-refractivity contribution < 1.29 is 22.7 Å². The molecule has 0 saturated carbocycles. The predicted molar refractivity (Wildman–Crippen MR) is 88.6 cm³/mol. The number of nitrogens with zero attached hydrogens (tertiary/aromatic N) is 4. The molecule has 138 valence electrons. The first-order valence-corrected chi connectivity index (χ1v) is 7.74. The van der Waals surface area contributed by atoms with E-state index in [1.165, 1.54) is 28.9 Å². The number of carbonyl (C=O) groups is 1. The summed E-state index contributed by atoms with van der Waals surface area (Å²) in [6.07, 6.45) is -3.25. The van der Waals surface area contributed by atoms with E-state index in [0.717, 1.165) is 0 Å². The molecule has 0 aliphatic heterocycles. The fraction of sp³-hybridized carbons (Fsp3) is 0.176. The van der Waals surface area contributed by atoms with E-state index in [-0.39, 0.29) is 30.1 Å². The van der Waals surface area contributed by atoms with Crippen LogP contribution < -0.4 is 10.1 Å². The smallest absolute Gasteiger partial charge is 0.405 e. The maximum absolute atomic E-state index is 12.6. The number of nitrogens with one attached hydrogen (secondary N) is 1. The Morgan fingerprint density at radius 1 is 1.26 bits per heavy atom. The van der Waals surface area contributed by atoms with Crippen molar-refractivity contribution in [1.82, 2.24) is 14.6 Å². The standard InChI is InChI=1S/C17H12F3N5O2/c18-17(19,20)27-13-5-2-1-4-12(13)11-7-8-14-22-16(24-25(14)10-11)23-15(26)6-3-9-21/h1-2,4-5,7-8,10H,3,6H2,(H,23,24,26). The van der Waals surface area contributed by atoms with E-state index in [9.17, 15) is 18.0 Å². The number of nitriles is 1. The third-order valence-electron chi connectivity index (χ3n) is 3.47. The number of fused-ring (bicyclic) bond motifs is 1. The van der Waals surface area contributed by atoms with Crippen LogP contribution >= 0.6 is 0 Å². The summed E-state index contributed by atoms with van der Waals surface area (Å²) >= 11 is 0. The summed E-state index contributed by atoms with van der Waals surface area (Å²) in [6.45, 7) is 0. The Hall–Kier alpha value is -3.61. The SMILES string of the molecule is N#CCCC(=O)Nc1nc2ccc(-c3ccccc3OC(F)(F)F)cn2n1. The number of benzene rings is 1. The van der Waals surface area contributed by atoms with Gasteiger partial charge < -0.3 is 4.74 Å². The number of halogens is 3. The van der Waals surface area contributed by atoms with Gasteiger partial charge in [-0.1, -0.05) is 18.2 Å². The van der Waals surface area contributed by atoms with Crippen LogP contribution in [-0.2, 0) is 4.79 Å². The summed E-state index contributed by atoms with van der Waals surface area (Å²) in [7, 11) is 0. The Balaban J connectivity index is 1.90. The lowest BCUT2D eigenvalue weighted by Gasteiger charge is -2.13. The number of aromatic nitrogens is 3. The number of alkyl halides is 3. The molecule has 10 heteroatoms. The molecule has 0 radical (unpaired) electrons. The van der Waals surface area contributed by atoms with Gasteiger partial charge in [0.05, 0.1) is 6.07 Å². The minimum absolute atomic E-state index is 0.0134. The molecule has 0 bridgehead atoms. The van der Waals surface area contributed by atoms with Gasteiger partial charge in [0.15, 0.2) is 5.65 Å². The molecule has 27 heavy (non-hydrogen) atoms. The summed E-state index contributed by atoms with van der Waals surface area (Å²) in [5.41, 5.74) is 1.05. The molecule has 1 amide bonds. The van der Waals surface area contributed by atoms with E-state index in [1.54, 1.807) is 18.2 Å². The van der Waals surface area contributed by atoms with Crippen molar-refractivity contribution in [1.29, 1.82) is 5.26 Å². The summed E-state index contributed by atoms with van der Waals surface area (Å²) in [6, 6.07) is 10.7. The minimum atomic E-state index is -4.81. The number of hydrogen-bond acceptors (Lipinski definition) is 5. The van der Waals surface area contributed by atoms with Gasteiger partial charge in [-0.25, -0.2) is 4.52 Å². The number of amides is 1. The van der Waals surface area contributed by atoms with Crippen LogP contribution in [0.15, 0.2) is 42.6 Å². The van der Waals surface area contributed by atoms with Gasteiger partial charge in [-0.05, 0) is 18.2 Å². The maximum atomic E-state index is 12.6. The number of pyridine rings is 1. The summed E-state index contributed by atoms with van der Waals surface area (Å²) in [5.74, 6) is -0.707. The van der Waals surface area contributed by atoms with Crippen molar-refractivity contribution in [3.05, 3.63) is 42.6 Å². The van der Waals surface area contributed by atoms with Gasteiger partial charge in [-0.2, -0.15) is 10.2 Å². The molecule has 0 saturated heterocycles. The second-order valence-electron chi connectivity index (χ2n) is 5.41. The zero-order chi connectivity index (χ0) is 19.4. The van der Waals surface area contributed by atoms with Gasteiger partial charge in [0, 0.05) is 30.2 Å². The first-order valence-electron chi connectivity index (χ1n) is 7.74.